The molecule has 4 nitrogen and oxygen atoms in total. The summed E-state index contributed by atoms with van der Waals surface area (Å²) in [6.07, 6.45) is 1.48. The first-order valence-corrected chi connectivity index (χ1v) is 6.03. The van der Waals surface area contributed by atoms with Crippen molar-refractivity contribution in [2.45, 2.75) is 18.2 Å². The predicted molar refractivity (Wildman–Crippen MR) is 53.3 cm³/mol. The highest BCUT2D eigenvalue weighted by atomic mass is 32.2. The highest BCUT2D eigenvalue weighted by Gasteiger charge is 2.23. The van der Waals surface area contributed by atoms with E-state index >= 15 is 0 Å². The largest absolute Gasteiger partial charge is 0.348 e. The van der Waals surface area contributed by atoms with Gasteiger partial charge >= 0.3 is 0 Å². The first kappa shape index (κ1) is 10.6. The molecular weight excluding hydrogens is 210 g/mol. The molecule has 0 bridgehead atoms. The Morgan fingerprint density at radius 2 is 2.31 bits per heavy atom. The van der Waals surface area contributed by atoms with Crippen molar-refractivity contribution in [2.24, 2.45) is 0 Å². The second kappa shape index (κ2) is 3.71. The van der Waals surface area contributed by atoms with Gasteiger partial charge in [0.1, 0.15) is 0 Å². The third kappa shape index (κ3) is 3.04. The molecule has 0 aromatic carbocycles. The summed E-state index contributed by atoms with van der Waals surface area (Å²) in [5, 5.41) is 3.26. The van der Waals surface area contributed by atoms with Gasteiger partial charge in [-0.25, -0.2) is 8.42 Å². The van der Waals surface area contributed by atoms with E-state index in [0.29, 0.717) is 0 Å². The van der Waals surface area contributed by atoms with Crippen LogP contribution in [0.5, 0.6) is 0 Å². The van der Waals surface area contributed by atoms with Gasteiger partial charge in [0.2, 0.25) is 5.91 Å². The molecule has 1 aliphatic heterocycles. The van der Waals surface area contributed by atoms with Crippen LogP contribution in [0.2, 0.25) is 0 Å². The molecule has 0 radical (unpaired) electrons. The first-order valence-electron chi connectivity index (χ1n) is 3.80. The molecule has 0 fully saturated rings. The zero-order valence-corrected chi connectivity index (χ0v) is 8.81. The zero-order valence-electron chi connectivity index (χ0n) is 7.10. The van der Waals surface area contributed by atoms with Gasteiger partial charge in [-0.15, -0.1) is 0 Å². The first-order chi connectivity index (χ1) is 5.91. The van der Waals surface area contributed by atoms with E-state index in [4.69, 9.17) is 0 Å². The van der Waals surface area contributed by atoms with Crippen LogP contribution in [0.3, 0.4) is 0 Å². The highest BCUT2D eigenvalue weighted by Crippen LogP contribution is 2.08. The summed E-state index contributed by atoms with van der Waals surface area (Å²) in [6, 6.07) is -0.396. The Morgan fingerprint density at radius 3 is 2.69 bits per heavy atom. The summed E-state index contributed by atoms with van der Waals surface area (Å²) in [5.41, 5.74) is 0. The van der Waals surface area contributed by atoms with Crippen LogP contribution in [-0.2, 0) is 14.6 Å². The smallest absolute Gasteiger partial charge is 0.233 e. The van der Waals surface area contributed by atoms with Gasteiger partial charge in [-0.05, 0) is 13.0 Å². The molecule has 13 heavy (non-hydrogen) atoms. The minimum absolute atomic E-state index is 0.0424. The SMILES string of the molecule is CC(S)C(=O)NC1C=CS(=O)(=O)C1. The maximum Gasteiger partial charge on any atom is 0.233 e. The van der Waals surface area contributed by atoms with Crippen LogP contribution in [0.4, 0.5) is 0 Å². The number of hydrogen-bond acceptors (Lipinski definition) is 4. The second-order valence-electron chi connectivity index (χ2n) is 2.95. The number of carbonyl (C=O) groups excluding carboxylic acids is 1. The Kier molecular flexibility index (Phi) is 3.02. The van der Waals surface area contributed by atoms with E-state index in [1.165, 1.54) is 6.08 Å². The maximum atomic E-state index is 11.1. The van der Waals surface area contributed by atoms with Crippen molar-refractivity contribution in [3.05, 3.63) is 11.5 Å². The van der Waals surface area contributed by atoms with E-state index in [0.717, 1.165) is 5.41 Å². The normalized spacial score (nSPS) is 27.1. The van der Waals surface area contributed by atoms with Gasteiger partial charge in [-0.1, -0.05) is 0 Å². The van der Waals surface area contributed by atoms with Gasteiger partial charge in [0.25, 0.3) is 0 Å². The Labute approximate surface area is 82.7 Å². The van der Waals surface area contributed by atoms with Gasteiger partial charge < -0.3 is 5.32 Å². The predicted octanol–water partition coefficient (Wildman–Crippen LogP) is -0.268. The minimum atomic E-state index is -3.09. The molecule has 1 heterocycles. The summed E-state index contributed by atoms with van der Waals surface area (Å²) in [6.45, 7) is 1.63. The van der Waals surface area contributed by atoms with Crippen molar-refractivity contribution in [3.8, 4) is 0 Å². The van der Waals surface area contributed by atoms with Crippen molar-refractivity contribution < 1.29 is 13.2 Å². The molecule has 0 aromatic rings. The third-order valence-corrected chi connectivity index (χ3v) is 3.27. The summed E-state index contributed by atoms with van der Waals surface area (Å²) < 4.78 is 21.9. The van der Waals surface area contributed by atoms with Crippen molar-refractivity contribution in [3.63, 3.8) is 0 Å². The third-order valence-electron chi connectivity index (χ3n) is 1.64. The van der Waals surface area contributed by atoms with Crippen molar-refractivity contribution >= 4 is 28.4 Å². The fourth-order valence-electron chi connectivity index (χ4n) is 0.969. The average Bonchev–Trinajstić information content (AvgIpc) is 2.30. The molecule has 6 heteroatoms. The molecular formula is C7H11NO3S2. The maximum absolute atomic E-state index is 11.1. The van der Waals surface area contributed by atoms with Crippen LogP contribution in [0.1, 0.15) is 6.92 Å². The van der Waals surface area contributed by atoms with E-state index in [2.05, 4.69) is 17.9 Å². The van der Waals surface area contributed by atoms with Gasteiger partial charge in [0.05, 0.1) is 17.0 Å². The Hall–Kier alpha value is -0.490. The lowest BCUT2D eigenvalue weighted by atomic mass is 10.3. The fourth-order valence-corrected chi connectivity index (χ4v) is 2.28. The summed E-state index contributed by atoms with van der Waals surface area (Å²) in [4.78, 5) is 11.1. The quantitative estimate of drug-likeness (QED) is 0.631. The van der Waals surface area contributed by atoms with Gasteiger partial charge in [-0.3, -0.25) is 4.79 Å². The van der Waals surface area contributed by atoms with E-state index in [-0.39, 0.29) is 11.7 Å². The topological polar surface area (TPSA) is 63.2 Å². The van der Waals surface area contributed by atoms with E-state index in [9.17, 15) is 13.2 Å². The molecule has 2 atom stereocenters. The zero-order chi connectivity index (χ0) is 10.1. The fraction of sp³-hybridized carbons (Fsp3) is 0.571. The molecule has 74 valence electrons. The lowest BCUT2D eigenvalue weighted by molar-refractivity contribution is -0.120. The molecule has 0 saturated carbocycles. The summed E-state index contributed by atoms with van der Waals surface area (Å²) in [7, 11) is -3.09. The second-order valence-corrected chi connectivity index (χ2v) is 5.65. The molecule has 1 rings (SSSR count). The molecule has 0 spiro atoms. The molecule has 0 aliphatic carbocycles. The van der Waals surface area contributed by atoms with Gasteiger partial charge in [0, 0.05) is 5.41 Å². The van der Waals surface area contributed by atoms with Crippen LogP contribution >= 0.6 is 12.6 Å². The van der Waals surface area contributed by atoms with Crippen molar-refractivity contribution in [2.75, 3.05) is 5.75 Å². The lowest BCUT2D eigenvalue weighted by Crippen LogP contribution is -2.39. The lowest BCUT2D eigenvalue weighted by Gasteiger charge is -2.11. The number of amides is 1. The van der Waals surface area contributed by atoms with E-state index in [1.54, 1.807) is 6.92 Å². The van der Waals surface area contributed by atoms with Gasteiger partial charge in [0.15, 0.2) is 9.84 Å². The number of hydrogen-bond donors (Lipinski definition) is 2. The van der Waals surface area contributed by atoms with Gasteiger partial charge in [-0.2, -0.15) is 12.6 Å². The monoisotopic (exact) mass is 221 g/mol. The minimum Gasteiger partial charge on any atom is -0.348 e. The van der Waals surface area contributed by atoms with Crippen molar-refractivity contribution in [1.82, 2.24) is 5.32 Å². The number of nitrogens with one attached hydrogen (secondary N) is 1. The Balaban J connectivity index is 2.52. The molecule has 1 amide bonds. The van der Waals surface area contributed by atoms with Crippen LogP contribution in [0.15, 0.2) is 11.5 Å². The number of thiol groups is 1. The summed E-state index contributed by atoms with van der Waals surface area (Å²) in [5.74, 6) is -0.297. The van der Waals surface area contributed by atoms with Crippen LogP contribution in [0.25, 0.3) is 0 Å². The van der Waals surface area contributed by atoms with Crippen LogP contribution in [0, 0.1) is 0 Å². The van der Waals surface area contributed by atoms with Crippen molar-refractivity contribution in [1.29, 1.82) is 0 Å². The average molecular weight is 221 g/mol. The highest BCUT2D eigenvalue weighted by molar-refractivity contribution is 7.94. The number of carbonyl (C=O) groups is 1. The Bertz CT molecular complexity index is 332. The Morgan fingerprint density at radius 1 is 1.69 bits per heavy atom. The molecule has 1 aliphatic rings. The van der Waals surface area contributed by atoms with E-state index < -0.39 is 21.1 Å². The standard InChI is InChI=1S/C7H11NO3S2/c1-5(12)7(9)8-6-2-3-13(10,11)4-6/h2-3,5-6,12H,4H2,1H3,(H,8,9). The molecule has 1 N–H and O–H groups in total. The van der Waals surface area contributed by atoms with E-state index in [1.807, 2.05) is 0 Å². The molecule has 0 aromatic heterocycles. The van der Waals surface area contributed by atoms with Crippen LogP contribution < -0.4 is 5.32 Å². The molecule has 2 unspecified atom stereocenters. The number of rotatable bonds is 2. The van der Waals surface area contributed by atoms with Crippen LogP contribution in [-0.4, -0.2) is 31.4 Å². The summed E-state index contributed by atoms with van der Waals surface area (Å²) >= 11 is 3.92. The molecule has 0 saturated heterocycles. The number of sulfone groups is 1.